The average Bonchev–Trinajstić information content (AvgIpc) is 2.18. The Morgan fingerprint density at radius 1 is 1.19 bits per heavy atom. The van der Waals surface area contributed by atoms with Crippen molar-refractivity contribution >= 4 is 29.1 Å². The minimum absolute atomic E-state index is 0. The number of ketones is 1. The van der Waals surface area contributed by atoms with Gasteiger partial charge in [-0.25, -0.2) is 0 Å². The summed E-state index contributed by atoms with van der Waals surface area (Å²) < 4.78 is 4.20. The lowest BCUT2D eigenvalue weighted by Crippen LogP contribution is -2.05. The number of carbonyl (C=O) groups excluding carboxylic acids is 2. The second-order valence-electron chi connectivity index (χ2n) is 3.24. The molecule has 16 heavy (non-hydrogen) atoms. The highest BCUT2D eigenvalue weighted by Gasteiger charge is 2.01. The monoisotopic (exact) mass is 248 g/mol. The highest BCUT2D eigenvalue weighted by atomic mass is 27.0. The first-order chi connectivity index (χ1) is 7.08. The first-order valence-corrected chi connectivity index (χ1v) is 5.25. The van der Waals surface area contributed by atoms with E-state index in [0.29, 0.717) is 6.61 Å². The Kier molecular flexibility index (Phi) is 22.3. The van der Waals surface area contributed by atoms with Crippen LogP contribution in [-0.4, -0.2) is 47.9 Å². The number of methoxy groups -OCH3 is 1. The molecule has 0 aliphatic heterocycles. The van der Waals surface area contributed by atoms with Gasteiger partial charge >= 0.3 is 5.97 Å². The first-order valence-electron chi connectivity index (χ1n) is 5.25. The third-order valence-electron chi connectivity index (χ3n) is 1.63. The lowest BCUT2D eigenvalue weighted by Gasteiger charge is -1.90. The molecule has 0 saturated carbocycles. The zero-order valence-corrected chi connectivity index (χ0v) is 9.91. The maximum absolute atomic E-state index is 10.2. The zero-order chi connectivity index (χ0) is 12.1. The Balaban J connectivity index is -0.000000200. The minimum atomic E-state index is -0.475. The van der Waals surface area contributed by atoms with Crippen molar-refractivity contribution in [1.82, 2.24) is 0 Å². The molecule has 0 aromatic rings. The quantitative estimate of drug-likeness (QED) is 0.322. The van der Waals surface area contributed by atoms with Gasteiger partial charge in [-0.05, 0) is 13.3 Å². The van der Waals surface area contributed by atoms with Crippen LogP contribution < -0.4 is 0 Å². The number of hydrogen-bond donors (Lipinski definition) is 1. The normalized spacial score (nSPS) is 8.25. The van der Waals surface area contributed by atoms with Crippen molar-refractivity contribution in [2.75, 3.05) is 13.7 Å². The van der Waals surface area contributed by atoms with E-state index in [9.17, 15) is 9.59 Å². The third-order valence-corrected chi connectivity index (χ3v) is 1.63. The van der Waals surface area contributed by atoms with E-state index in [1.54, 1.807) is 0 Å². The SMILES string of the molecule is CCCCCCO.COC(=O)CC(C)=O.[AlH3]. The highest BCUT2D eigenvalue weighted by Crippen LogP contribution is 1.96. The highest BCUT2D eigenvalue weighted by molar-refractivity contribution is 5.93. The molecule has 0 aromatic carbocycles. The maximum atomic E-state index is 10.2. The molecule has 4 nitrogen and oxygen atoms in total. The Morgan fingerprint density at radius 3 is 2.00 bits per heavy atom. The summed E-state index contributed by atoms with van der Waals surface area (Å²) in [5.74, 6) is -0.644. The van der Waals surface area contributed by atoms with Gasteiger partial charge in [-0.15, -0.1) is 0 Å². The van der Waals surface area contributed by atoms with Crippen molar-refractivity contribution < 1.29 is 19.4 Å². The van der Waals surface area contributed by atoms with Gasteiger partial charge in [0.15, 0.2) is 17.4 Å². The molecule has 5 heteroatoms. The fourth-order valence-corrected chi connectivity index (χ4v) is 0.814. The van der Waals surface area contributed by atoms with Crippen LogP contribution in [0.15, 0.2) is 0 Å². The van der Waals surface area contributed by atoms with Gasteiger partial charge in [0.25, 0.3) is 0 Å². The van der Waals surface area contributed by atoms with Gasteiger partial charge < -0.3 is 9.84 Å². The van der Waals surface area contributed by atoms with Crippen LogP contribution in [0.25, 0.3) is 0 Å². The number of hydrogen-bond acceptors (Lipinski definition) is 4. The molecular weight excluding hydrogens is 223 g/mol. The summed E-state index contributed by atoms with van der Waals surface area (Å²) in [5, 5.41) is 8.29. The molecule has 1 N–H and O–H groups in total. The second kappa shape index (κ2) is 17.0. The molecule has 0 bridgehead atoms. The molecule has 0 aliphatic rings. The maximum Gasteiger partial charge on any atom is 0.313 e. The van der Waals surface area contributed by atoms with Gasteiger partial charge in [-0.2, -0.15) is 0 Å². The summed E-state index contributed by atoms with van der Waals surface area (Å²) in [6, 6.07) is 0. The molecule has 0 aliphatic carbocycles. The van der Waals surface area contributed by atoms with Crippen LogP contribution in [0.2, 0.25) is 0 Å². The largest absolute Gasteiger partial charge is 0.469 e. The molecule has 0 atom stereocenters. The molecule has 0 aromatic heterocycles. The minimum Gasteiger partial charge on any atom is -0.469 e. The topological polar surface area (TPSA) is 63.6 Å². The van der Waals surface area contributed by atoms with Gasteiger partial charge in [-0.1, -0.05) is 26.2 Å². The lowest BCUT2D eigenvalue weighted by atomic mass is 10.2. The van der Waals surface area contributed by atoms with Crippen LogP contribution in [0.5, 0.6) is 0 Å². The predicted octanol–water partition coefficient (Wildman–Crippen LogP) is 0.514. The van der Waals surface area contributed by atoms with E-state index < -0.39 is 5.97 Å². The molecular formula is C11H25AlO4. The van der Waals surface area contributed by atoms with Crippen LogP contribution in [0, 0.1) is 0 Å². The molecule has 0 fully saturated rings. The van der Waals surface area contributed by atoms with E-state index in [0.717, 1.165) is 6.42 Å². The summed E-state index contributed by atoms with van der Waals surface area (Å²) >= 11 is 0. The van der Waals surface area contributed by atoms with Crippen molar-refractivity contribution in [3.8, 4) is 0 Å². The Morgan fingerprint density at radius 2 is 1.75 bits per heavy atom. The predicted molar refractivity (Wildman–Crippen MR) is 68.5 cm³/mol. The van der Waals surface area contributed by atoms with Crippen LogP contribution in [0.1, 0.15) is 46.0 Å². The van der Waals surface area contributed by atoms with E-state index in [1.165, 1.54) is 33.3 Å². The molecule has 0 rings (SSSR count). The van der Waals surface area contributed by atoms with Crippen molar-refractivity contribution in [2.24, 2.45) is 0 Å². The van der Waals surface area contributed by atoms with E-state index >= 15 is 0 Å². The first kappa shape index (κ1) is 21.0. The van der Waals surface area contributed by atoms with Gasteiger partial charge in [-0.3, -0.25) is 9.59 Å². The summed E-state index contributed by atoms with van der Waals surface area (Å²) in [5.41, 5.74) is 0. The van der Waals surface area contributed by atoms with Gasteiger partial charge in [0.05, 0.1) is 7.11 Å². The number of unbranched alkanes of at least 4 members (excludes halogenated alkanes) is 3. The Labute approximate surface area is 108 Å². The van der Waals surface area contributed by atoms with E-state index in [4.69, 9.17) is 5.11 Å². The number of ether oxygens (including phenoxy) is 1. The fourth-order valence-electron chi connectivity index (χ4n) is 0.814. The van der Waals surface area contributed by atoms with E-state index in [-0.39, 0.29) is 29.6 Å². The van der Waals surface area contributed by atoms with Crippen LogP contribution in [0.3, 0.4) is 0 Å². The summed E-state index contributed by atoms with van der Waals surface area (Å²) in [6.45, 7) is 3.87. The van der Waals surface area contributed by atoms with E-state index in [2.05, 4.69) is 11.7 Å². The molecule has 0 amide bonds. The van der Waals surface area contributed by atoms with Crippen molar-refractivity contribution in [3.05, 3.63) is 0 Å². The molecule has 0 saturated heterocycles. The number of aliphatic hydroxyl groups is 1. The summed E-state index contributed by atoms with van der Waals surface area (Å²) in [4.78, 5) is 20.3. The molecule has 0 heterocycles. The molecule has 96 valence electrons. The van der Waals surface area contributed by atoms with Crippen LogP contribution in [0.4, 0.5) is 0 Å². The number of rotatable bonds is 6. The third kappa shape index (κ3) is 23.4. The van der Waals surface area contributed by atoms with Gasteiger partial charge in [0.2, 0.25) is 0 Å². The van der Waals surface area contributed by atoms with Crippen molar-refractivity contribution in [2.45, 2.75) is 46.0 Å². The van der Waals surface area contributed by atoms with Crippen molar-refractivity contribution in [1.29, 1.82) is 0 Å². The van der Waals surface area contributed by atoms with E-state index in [1.807, 2.05) is 0 Å². The van der Waals surface area contributed by atoms with Crippen LogP contribution >= 0.6 is 0 Å². The standard InChI is InChI=1S/C6H14O.C5H8O3.Al.3H/c1-2-3-4-5-6-7;1-4(6)3-5(7)8-2;;;;/h7H,2-6H2,1H3;3H2,1-2H3;;;;. The van der Waals surface area contributed by atoms with Crippen LogP contribution in [-0.2, 0) is 14.3 Å². The molecule has 0 radical (unpaired) electrons. The van der Waals surface area contributed by atoms with Crippen molar-refractivity contribution in [3.63, 3.8) is 0 Å². The molecule has 0 spiro atoms. The average molecular weight is 248 g/mol. The second-order valence-corrected chi connectivity index (χ2v) is 3.24. The number of esters is 1. The van der Waals surface area contributed by atoms with Gasteiger partial charge in [0, 0.05) is 6.61 Å². The summed E-state index contributed by atoms with van der Waals surface area (Å²) in [6.07, 6.45) is 4.57. The smallest absolute Gasteiger partial charge is 0.313 e. The Bertz CT molecular complexity index is 167. The lowest BCUT2D eigenvalue weighted by molar-refractivity contribution is -0.142. The number of Topliss-reactive ketones (excluding diaryl/α,β-unsaturated/α-hetero) is 1. The zero-order valence-electron chi connectivity index (χ0n) is 9.91. The number of carbonyl (C=O) groups is 2. The molecule has 0 unspecified atom stereocenters. The Hall–Kier alpha value is -0.368. The number of aliphatic hydroxyl groups excluding tert-OH is 1. The summed E-state index contributed by atoms with van der Waals surface area (Å²) in [7, 11) is 1.26. The van der Waals surface area contributed by atoms with Gasteiger partial charge in [0.1, 0.15) is 12.2 Å². The fraction of sp³-hybridized carbons (Fsp3) is 0.818.